The van der Waals surface area contributed by atoms with Crippen LogP contribution in [-0.4, -0.2) is 9.97 Å². The molecule has 0 atom stereocenters. The smallest absolute Gasteiger partial charge is 0.399 e. The van der Waals surface area contributed by atoms with Crippen LogP contribution in [0.5, 0.6) is 0 Å². The Hall–Kier alpha value is -2.41. The molecule has 0 spiro atoms. The van der Waals surface area contributed by atoms with Crippen LogP contribution < -0.4 is 5.73 Å². The Morgan fingerprint density at radius 2 is 1.77 bits per heavy atom. The molecule has 2 N–H and O–H groups in total. The molecule has 0 unspecified atom stereocenters. The lowest BCUT2D eigenvalue weighted by Gasteiger charge is -2.09. The number of alkyl halides is 3. The Balaban J connectivity index is 2.03. The molecule has 3 rings (SSSR count). The van der Waals surface area contributed by atoms with Gasteiger partial charge in [0.2, 0.25) is 0 Å². The van der Waals surface area contributed by atoms with Crippen LogP contribution in [0, 0.1) is 0 Å². The Kier molecular flexibility index (Phi) is 3.58. The summed E-state index contributed by atoms with van der Waals surface area (Å²) >= 11 is 1.15. The molecular weight excluding hydrogens is 311 g/mol. The van der Waals surface area contributed by atoms with Gasteiger partial charge in [-0.3, -0.25) is 4.98 Å². The SMILES string of the molecule is Nc1ccc(-c2csc(-c3cnccc3C(F)(F)F)n2)cc1. The lowest BCUT2D eigenvalue weighted by Crippen LogP contribution is -2.07. The highest BCUT2D eigenvalue weighted by Gasteiger charge is 2.34. The van der Waals surface area contributed by atoms with Crippen LogP contribution in [0.15, 0.2) is 48.1 Å². The summed E-state index contributed by atoms with van der Waals surface area (Å²) in [6.45, 7) is 0. The number of thiazole rings is 1. The number of nitrogens with zero attached hydrogens (tertiary/aromatic N) is 2. The molecular formula is C15H10F3N3S. The van der Waals surface area contributed by atoms with Crippen LogP contribution in [0.3, 0.4) is 0 Å². The van der Waals surface area contributed by atoms with Crippen LogP contribution in [0.4, 0.5) is 18.9 Å². The van der Waals surface area contributed by atoms with Gasteiger partial charge in [-0.05, 0) is 18.2 Å². The summed E-state index contributed by atoms with van der Waals surface area (Å²) in [5, 5.41) is 2.00. The highest BCUT2D eigenvalue weighted by atomic mass is 32.1. The molecule has 1 aromatic carbocycles. The minimum atomic E-state index is -4.44. The molecule has 0 aliphatic carbocycles. The highest BCUT2D eigenvalue weighted by molar-refractivity contribution is 7.13. The Labute approximate surface area is 128 Å². The topological polar surface area (TPSA) is 51.8 Å². The van der Waals surface area contributed by atoms with Crippen LogP contribution in [0.25, 0.3) is 21.8 Å². The van der Waals surface area contributed by atoms with Crippen LogP contribution in [0.1, 0.15) is 5.56 Å². The summed E-state index contributed by atoms with van der Waals surface area (Å²) in [7, 11) is 0. The number of halogens is 3. The Bertz CT molecular complexity index is 794. The number of anilines is 1. The van der Waals surface area contributed by atoms with Crippen molar-refractivity contribution in [2.24, 2.45) is 0 Å². The number of rotatable bonds is 2. The molecule has 0 aliphatic heterocycles. The van der Waals surface area contributed by atoms with Crippen molar-refractivity contribution in [1.82, 2.24) is 9.97 Å². The summed E-state index contributed by atoms with van der Waals surface area (Å²) in [5.41, 5.74) is 6.89. The van der Waals surface area contributed by atoms with Gasteiger partial charge in [-0.1, -0.05) is 12.1 Å². The Morgan fingerprint density at radius 3 is 2.45 bits per heavy atom. The number of nitrogens with two attached hydrogens (primary N) is 1. The fraction of sp³-hybridized carbons (Fsp3) is 0.0667. The monoisotopic (exact) mass is 321 g/mol. The van der Waals surface area contributed by atoms with Crippen molar-refractivity contribution in [3.8, 4) is 21.8 Å². The fourth-order valence-corrected chi connectivity index (χ4v) is 2.85. The first-order valence-corrected chi connectivity index (χ1v) is 7.16. The van der Waals surface area contributed by atoms with Gasteiger partial charge in [0.25, 0.3) is 0 Å². The quantitative estimate of drug-likeness (QED) is 0.708. The zero-order valence-corrected chi connectivity index (χ0v) is 11.9. The summed E-state index contributed by atoms with van der Waals surface area (Å²) in [6.07, 6.45) is -2.12. The number of pyridine rings is 1. The first kappa shape index (κ1) is 14.5. The highest BCUT2D eigenvalue weighted by Crippen LogP contribution is 2.38. The predicted octanol–water partition coefficient (Wildman–Crippen LogP) is 4.47. The molecule has 2 heterocycles. The second-order valence-corrected chi connectivity index (χ2v) is 5.44. The summed E-state index contributed by atoms with van der Waals surface area (Å²) < 4.78 is 39.1. The van der Waals surface area contributed by atoms with E-state index >= 15 is 0 Å². The second kappa shape index (κ2) is 5.42. The van der Waals surface area contributed by atoms with E-state index in [4.69, 9.17) is 5.73 Å². The van der Waals surface area contributed by atoms with Gasteiger partial charge < -0.3 is 5.73 Å². The van der Waals surface area contributed by atoms with Crippen molar-refractivity contribution >= 4 is 17.0 Å². The second-order valence-electron chi connectivity index (χ2n) is 4.58. The van der Waals surface area contributed by atoms with Gasteiger partial charge in [0.15, 0.2) is 0 Å². The van der Waals surface area contributed by atoms with E-state index in [9.17, 15) is 13.2 Å². The van der Waals surface area contributed by atoms with Crippen LogP contribution in [0.2, 0.25) is 0 Å². The average Bonchev–Trinajstić information content (AvgIpc) is 2.97. The van der Waals surface area contributed by atoms with Gasteiger partial charge in [0.05, 0.1) is 11.3 Å². The van der Waals surface area contributed by atoms with E-state index in [0.717, 1.165) is 29.2 Å². The zero-order chi connectivity index (χ0) is 15.7. The lowest BCUT2D eigenvalue weighted by atomic mass is 10.1. The number of hydrogen-bond acceptors (Lipinski definition) is 4. The number of nitrogen functional groups attached to an aromatic ring is 1. The van der Waals surface area contributed by atoms with Gasteiger partial charge in [0.1, 0.15) is 5.01 Å². The van der Waals surface area contributed by atoms with Gasteiger partial charge in [0, 0.05) is 34.6 Å². The van der Waals surface area contributed by atoms with Gasteiger partial charge in [-0.25, -0.2) is 4.98 Å². The normalized spacial score (nSPS) is 11.6. The van der Waals surface area contributed by atoms with Crippen LogP contribution >= 0.6 is 11.3 Å². The lowest BCUT2D eigenvalue weighted by molar-refractivity contribution is -0.137. The molecule has 0 bridgehead atoms. The molecule has 22 heavy (non-hydrogen) atoms. The predicted molar refractivity (Wildman–Crippen MR) is 80.2 cm³/mol. The molecule has 0 aliphatic rings. The standard InChI is InChI=1S/C15H10F3N3S/c16-15(17,18)12-5-6-20-7-11(12)14-21-13(8-22-14)9-1-3-10(19)4-2-9/h1-8H,19H2. The maximum atomic E-state index is 13.0. The number of benzene rings is 1. The molecule has 0 fully saturated rings. The maximum absolute atomic E-state index is 13.0. The molecule has 112 valence electrons. The minimum absolute atomic E-state index is 0.0123. The maximum Gasteiger partial charge on any atom is 0.417 e. The average molecular weight is 321 g/mol. The molecule has 3 aromatic rings. The Morgan fingerprint density at radius 1 is 1.05 bits per heavy atom. The van der Waals surface area contributed by atoms with Crippen LogP contribution in [-0.2, 0) is 6.18 Å². The van der Waals surface area contributed by atoms with E-state index in [0.29, 0.717) is 11.4 Å². The first-order chi connectivity index (χ1) is 10.4. The molecule has 3 nitrogen and oxygen atoms in total. The summed E-state index contributed by atoms with van der Waals surface area (Å²) in [4.78, 5) is 8.07. The van der Waals surface area contributed by atoms with E-state index in [2.05, 4.69) is 9.97 Å². The molecule has 7 heteroatoms. The third kappa shape index (κ3) is 2.80. The van der Waals surface area contributed by atoms with E-state index in [1.165, 1.54) is 6.20 Å². The number of aromatic nitrogens is 2. The minimum Gasteiger partial charge on any atom is -0.399 e. The van der Waals surface area contributed by atoms with Crippen molar-refractivity contribution in [2.45, 2.75) is 6.18 Å². The van der Waals surface area contributed by atoms with E-state index < -0.39 is 11.7 Å². The van der Waals surface area contributed by atoms with Crippen molar-refractivity contribution in [2.75, 3.05) is 5.73 Å². The number of hydrogen-bond donors (Lipinski definition) is 1. The molecule has 0 saturated heterocycles. The van der Waals surface area contributed by atoms with E-state index in [1.807, 2.05) is 0 Å². The molecule has 0 amide bonds. The van der Waals surface area contributed by atoms with Gasteiger partial charge in [-0.2, -0.15) is 13.2 Å². The molecule has 2 aromatic heterocycles. The summed E-state index contributed by atoms with van der Waals surface area (Å²) in [6, 6.07) is 7.96. The summed E-state index contributed by atoms with van der Waals surface area (Å²) in [5.74, 6) is 0. The van der Waals surface area contributed by atoms with Crippen molar-refractivity contribution in [1.29, 1.82) is 0 Å². The largest absolute Gasteiger partial charge is 0.417 e. The van der Waals surface area contributed by atoms with Crippen molar-refractivity contribution in [3.63, 3.8) is 0 Å². The van der Waals surface area contributed by atoms with Crippen molar-refractivity contribution < 1.29 is 13.2 Å². The fourth-order valence-electron chi connectivity index (χ4n) is 2.00. The van der Waals surface area contributed by atoms with Gasteiger partial charge >= 0.3 is 6.18 Å². The third-order valence-electron chi connectivity index (χ3n) is 3.07. The van der Waals surface area contributed by atoms with E-state index in [1.54, 1.807) is 29.6 Å². The van der Waals surface area contributed by atoms with Gasteiger partial charge in [-0.15, -0.1) is 11.3 Å². The molecule has 0 saturated carbocycles. The molecule has 0 radical (unpaired) electrons. The third-order valence-corrected chi connectivity index (χ3v) is 3.94. The van der Waals surface area contributed by atoms with Crippen molar-refractivity contribution in [3.05, 3.63) is 53.7 Å². The van der Waals surface area contributed by atoms with E-state index in [-0.39, 0.29) is 10.6 Å². The first-order valence-electron chi connectivity index (χ1n) is 6.28. The zero-order valence-electron chi connectivity index (χ0n) is 11.1.